The molecule has 0 radical (unpaired) electrons. The minimum absolute atomic E-state index is 0.592. The summed E-state index contributed by atoms with van der Waals surface area (Å²) in [7, 11) is 0. The molecule has 1 fully saturated rings. The lowest BCUT2D eigenvalue weighted by Crippen LogP contribution is -1.94. The first-order valence-electron chi connectivity index (χ1n) is 4.81. The first-order valence-corrected chi connectivity index (χ1v) is 4.81. The van der Waals surface area contributed by atoms with Crippen molar-refractivity contribution in [1.82, 2.24) is 9.78 Å². The number of hydrogen-bond donors (Lipinski definition) is 0. The van der Waals surface area contributed by atoms with Gasteiger partial charge in [-0.05, 0) is 31.0 Å². The van der Waals surface area contributed by atoms with Crippen LogP contribution in [-0.2, 0) is 0 Å². The van der Waals surface area contributed by atoms with Gasteiger partial charge in [0.05, 0.1) is 17.8 Å². The molecule has 1 heterocycles. The number of aromatic nitrogens is 2. The van der Waals surface area contributed by atoms with Crippen LogP contribution in [0.15, 0.2) is 24.4 Å². The first kappa shape index (κ1) is 7.74. The molecule has 0 N–H and O–H groups in total. The zero-order chi connectivity index (χ0) is 9.54. The van der Waals surface area contributed by atoms with Crippen LogP contribution in [0.5, 0.6) is 0 Å². The second-order valence-corrected chi connectivity index (χ2v) is 3.76. The number of aldehydes is 1. The van der Waals surface area contributed by atoms with Crippen molar-refractivity contribution >= 4 is 17.2 Å². The van der Waals surface area contributed by atoms with Crippen LogP contribution in [0.4, 0.5) is 0 Å². The third kappa shape index (κ3) is 1.05. The SMILES string of the molecule is O=Cc1ccc2c(cnn2C2CC2)c1. The van der Waals surface area contributed by atoms with Gasteiger partial charge in [-0.15, -0.1) is 0 Å². The van der Waals surface area contributed by atoms with Crippen molar-refractivity contribution in [3.8, 4) is 0 Å². The fourth-order valence-corrected chi connectivity index (χ4v) is 1.76. The van der Waals surface area contributed by atoms with Crippen LogP contribution in [0, 0.1) is 0 Å². The van der Waals surface area contributed by atoms with Crippen LogP contribution < -0.4 is 0 Å². The Morgan fingerprint density at radius 3 is 3.00 bits per heavy atom. The summed E-state index contributed by atoms with van der Waals surface area (Å²) in [6.45, 7) is 0. The molecule has 3 rings (SSSR count). The van der Waals surface area contributed by atoms with Crippen LogP contribution in [0.2, 0.25) is 0 Å². The molecule has 1 aromatic heterocycles. The zero-order valence-corrected chi connectivity index (χ0v) is 7.68. The summed E-state index contributed by atoms with van der Waals surface area (Å²) >= 11 is 0. The summed E-state index contributed by atoms with van der Waals surface area (Å²) in [5, 5.41) is 5.39. The van der Waals surface area contributed by atoms with Gasteiger partial charge in [-0.2, -0.15) is 5.10 Å². The molecular weight excluding hydrogens is 176 g/mol. The van der Waals surface area contributed by atoms with Crippen molar-refractivity contribution in [3.63, 3.8) is 0 Å². The van der Waals surface area contributed by atoms with Gasteiger partial charge in [0.25, 0.3) is 0 Å². The van der Waals surface area contributed by atoms with E-state index in [9.17, 15) is 4.79 Å². The Hall–Kier alpha value is -1.64. The van der Waals surface area contributed by atoms with E-state index in [0.29, 0.717) is 11.6 Å². The summed E-state index contributed by atoms with van der Waals surface area (Å²) in [6.07, 6.45) is 5.16. The summed E-state index contributed by atoms with van der Waals surface area (Å²) in [5.41, 5.74) is 1.85. The highest BCUT2D eigenvalue weighted by molar-refractivity contribution is 5.86. The van der Waals surface area contributed by atoms with Gasteiger partial charge in [-0.1, -0.05) is 0 Å². The molecule has 0 saturated heterocycles. The fourth-order valence-electron chi connectivity index (χ4n) is 1.76. The molecular formula is C11H10N2O. The predicted molar refractivity (Wildman–Crippen MR) is 53.4 cm³/mol. The highest BCUT2D eigenvalue weighted by atomic mass is 16.1. The van der Waals surface area contributed by atoms with E-state index >= 15 is 0 Å². The zero-order valence-electron chi connectivity index (χ0n) is 7.68. The second-order valence-electron chi connectivity index (χ2n) is 3.76. The van der Waals surface area contributed by atoms with E-state index < -0.39 is 0 Å². The molecule has 1 saturated carbocycles. The molecule has 0 spiro atoms. The Morgan fingerprint density at radius 2 is 2.29 bits per heavy atom. The summed E-state index contributed by atoms with van der Waals surface area (Å²) < 4.78 is 2.06. The third-order valence-electron chi connectivity index (χ3n) is 2.65. The van der Waals surface area contributed by atoms with Crippen molar-refractivity contribution in [2.75, 3.05) is 0 Å². The lowest BCUT2D eigenvalue weighted by atomic mass is 10.2. The van der Waals surface area contributed by atoms with Gasteiger partial charge in [-0.25, -0.2) is 0 Å². The first-order chi connectivity index (χ1) is 6.88. The number of benzene rings is 1. The molecule has 2 aromatic rings. The lowest BCUT2D eigenvalue weighted by Gasteiger charge is -1.99. The maximum atomic E-state index is 10.6. The minimum Gasteiger partial charge on any atom is -0.298 e. The summed E-state index contributed by atoms with van der Waals surface area (Å²) in [5.74, 6) is 0. The molecule has 3 heteroatoms. The van der Waals surface area contributed by atoms with Crippen LogP contribution >= 0.6 is 0 Å². The number of nitrogens with zero attached hydrogens (tertiary/aromatic N) is 2. The molecule has 1 aliphatic rings. The van der Waals surface area contributed by atoms with E-state index in [2.05, 4.69) is 9.78 Å². The van der Waals surface area contributed by atoms with E-state index in [-0.39, 0.29) is 0 Å². The Bertz CT molecular complexity index is 497. The molecule has 0 amide bonds. The molecule has 0 unspecified atom stereocenters. The minimum atomic E-state index is 0.592. The van der Waals surface area contributed by atoms with Gasteiger partial charge in [0.15, 0.2) is 0 Å². The predicted octanol–water partition coefficient (Wildman–Crippen LogP) is 2.18. The van der Waals surface area contributed by atoms with Crippen molar-refractivity contribution in [1.29, 1.82) is 0 Å². The quantitative estimate of drug-likeness (QED) is 0.674. The molecule has 0 atom stereocenters. The third-order valence-corrected chi connectivity index (χ3v) is 2.65. The Kier molecular flexibility index (Phi) is 1.48. The highest BCUT2D eigenvalue weighted by Gasteiger charge is 2.25. The smallest absolute Gasteiger partial charge is 0.150 e. The number of rotatable bonds is 2. The molecule has 14 heavy (non-hydrogen) atoms. The average Bonchev–Trinajstić information content (AvgIpc) is 2.98. The highest BCUT2D eigenvalue weighted by Crippen LogP contribution is 2.36. The maximum Gasteiger partial charge on any atom is 0.150 e. The number of fused-ring (bicyclic) bond motifs is 1. The second kappa shape index (κ2) is 2.67. The summed E-state index contributed by atoms with van der Waals surface area (Å²) in [6, 6.07) is 6.30. The van der Waals surface area contributed by atoms with Crippen molar-refractivity contribution in [3.05, 3.63) is 30.0 Å². The molecule has 1 aromatic carbocycles. The van der Waals surface area contributed by atoms with Crippen LogP contribution in [0.3, 0.4) is 0 Å². The van der Waals surface area contributed by atoms with Gasteiger partial charge in [0, 0.05) is 10.9 Å². The Balaban J connectivity index is 2.21. The number of carbonyl (C=O) groups excluding carboxylic acids is 1. The van der Waals surface area contributed by atoms with E-state index in [1.54, 1.807) is 0 Å². The molecule has 1 aliphatic carbocycles. The fraction of sp³-hybridized carbons (Fsp3) is 0.273. The van der Waals surface area contributed by atoms with Gasteiger partial charge >= 0.3 is 0 Å². The van der Waals surface area contributed by atoms with Gasteiger partial charge in [0.1, 0.15) is 6.29 Å². The van der Waals surface area contributed by atoms with Gasteiger partial charge < -0.3 is 0 Å². The van der Waals surface area contributed by atoms with Crippen molar-refractivity contribution < 1.29 is 4.79 Å². The number of carbonyl (C=O) groups is 1. The Morgan fingerprint density at radius 1 is 1.43 bits per heavy atom. The lowest BCUT2D eigenvalue weighted by molar-refractivity contribution is 0.112. The van der Waals surface area contributed by atoms with E-state index in [1.165, 1.54) is 12.8 Å². The summed E-state index contributed by atoms with van der Waals surface area (Å²) in [4.78, 5) is 10.6. The topological polar surface area (TPSA) is 34.9 Å². The maximum absolute atomic E-state index is 10.6. The van der Waals surface area contributed by atoms with Crippen LogP contribution in [-0.4, -0.2) is 16.1 Å². The van der Waals surface area contributed by atoms with Crippen molar-refractivity contribution in [2.45, 2.75) is 18.9 Å². The Labute approximate surface area is 81.3 Å². The number of hydrogen-bond acceptors (Lipinski definition) is 2. The van der Waals surface area contributed by atoms with Gasteiger partial charge in [0.2, 0.25) is 0 Å². The molecule has 70 valence electrons. The van der Waals surface area contributed by atoms with E-state index in [1.807, 2.05) is 24.4 Å². The molecule has 0 aliphatic heterocycles. The largest absolute Gasteiger partial charge is 0.298 e. The van der Waals surface area contributed by atoms with E-state index in [0.717, 1.165) is 17.2 Å². The van der Waals surface area contributed by atoms with E-state index in [4.69, 9.17) is 0 Å². The molecule has 0 bridgehead atoms. The van der Waals surface area contributed by atoms with Crippen LogP contribution in [0.25, 0.3) is 10.9 Å². The standard InChI is InChI=1S/C11H10N2O/c14-7-8-1-4-11-9(5-8)6-12-13(11)10-2-3-10/h1,4-7,10H,2-3H2. The van der Waals surface area contributed by atoms with Gasteiger partial charge in [-0.3, -0.25) is 9.48 Å². The normalized spacial score (nSPS) is 16.0. The van der Waals surface area contributed by atoms with Crippen LogP contribution in [0.1, 0.15) is 29.2 Å². The monoisotopic (exact) mass is 186 g/mol. The van der Waals surface area contributed by atoms with Crippen molar-refractivity contribution in [2.24, 2.45) is 0 Å². The molecule has 3 nitrogen and oxygen atoms in total. The average molecular weight is 186 g/mol.